The fraction of sp³-hybridized carbons (Fsp3) is 0.226. The molecule has 0 bridgehead atoms. The van der Waals surface area contributed by atoms with Gasteiger partial charge in [0.2, 0.25) is 0 Å². The molecule has 3 heterocycles. The normalized spacial score (nSPS) is 12.6. The van der Waals surface area contributed by atoms with E-state index in [9.17, 15) is 7.13 Å². The SMILES string of the molecule is CC(C)(C)c1ccc(-c2[c-]cc(F)cc2)nc1.[2H]C(C)(C)c1cc(-c2ccc(C(C)(C)C)cc2)cc(C([2H])(C)C)c1-n1c(-c2[c-]ccc3c2oc2cc(-c4ccccc4)ccc23)nc2ccccc21.[Ir]. The second kappa shape index (κ2) is 19.3. The van der Waals surface area contributed by atoms with Crippen LogP contribution in [0.3, 0.4) is 0 Å². The number of aromatic nitrogens is 3. The van der Waals surface area contributed by atoms with Crippen molar-refractivity contribution >= 4 is 33.0 Å². The van der Waals surface area contributed by atoms with Gasteiger partial charge in [-0.25, -0.2) is 0 Å². The molecule has 0 saturated heterocycles. The third kappa shape index (κ3) is 9.63. The van der Waals surface area contributed by atoms with Gasteiger partial charge >= 0.3 is 0 Å². The zero-order valence-electron chi connectivity index (χ0n) is 42.5. The van der Waals surface area contributed by atoms with Crippen LogP contribution in [0, 0.1) is 17.9 Å². The van der Waals surface area contributed by atoms with Crippen LogP contribution in [0.4, 0.5) is 4.39 Å². The van der Waals surface area contributed by atoms with E-state index in [1.807, 2.05) is 82.4 Å². The van der Waals surface area contributed by atoms with Crippen LogP contribution in [0.1, 0.15) is 106 Å². The van der Waals surface area contributed by atoms with Gasteiger partial charge in [-0.1, -0.05) is 171 Å². The van der Waals surface area contributed by atoms with Crippen molar-refractivity contribution in [3.05, 3.63) is 198 Å². The predicted octanol–water partition coefficient (Wildman–Crippen LogP) is 17.3. The Bertz CT molecular complexity index is 3420. The molecule has 0 aliphatic carbocycles. The van der Waals surface area contributed by atoms with Crippen LogP contribution in [-0.4, -0.2) is 14.5 Å². The number of furan rings is 1. The fourth-order valence-corrected chi connectivity index (χ4v) is 8.67. The molecule has 68 heavy (non-hydrogen) atoms. The number of rotatable bonds is 7. The third-order valence-electron chi connectivity index (χ3n) is 12.5. The van der Waals surface area contributed by atoms with Gasteiger partial charge in [-0.3, -0.25) is 9.37 Å². The molecule has 1 radical (unpaired) electrons. The molecule has 0 fully saturated rings. The van der Waals surface area contributed by atoms with E-state index in [1.165, 1.54) is 23.3 Å². The first kappa shape index (κ1) is 45.3. The van der Waals surface area contributed by atoms with E-state index in [1.54, 1.807) is 6.07 Å². The van der Waals surface area contributed by atoms with Crippen molar-refractivity contribution in [1.29, 1.82) is 0 Å². The van der Waals surface area contributed by atoms with Crippen LogP contribution in [0.15, 0.2) is 162 Å². The summed E-state index contributed by atoms with van der Waals surface area (Å²) in [4.78, 5) is 9.64. The molecule has 0 aliphatic rings. The van der Waals surface area contributed by atoms with Crippen LogP contribution >= 0.6 is 0 Å². The molecular formula is C62H58FIrN3O-2. The molecule has 10 aromatic rings. The van der Waals surface area contributed by atoms with Gasteiger partial charge in [0.15, 0.2) is 0 Å². The maximum Gasteiger partial charge on any atom is 0.121 e. The minimum absolute atomic E-state index is 0. The van der Waals surface area contributed by atoms with E-state index in [0.29, 0.717) is 11.4 Å². The molecule has 7 aromatic carbocycles. The van der Waals surface area contributed by atoms with Crippen molar-refractivity contribution in [2.75, 3.05) is 0 Å². The van der Waals surface area contributed by atoms with E-state index >= 15 is 0 Å². The molecule has 0 saturated carbocycles. The van der Waals surface area contributed by atoms with Crippen molar-refractivity contribution in [2.24, 2.45) is 0 Å². The Morgan fingerprint density at radius 3 is 1.88 bits per heavy atom. The average molecular weight is 1070 g/mol. The van der Waals surface area contributed by atoms with Crippen LogP contribution in [0.5, 0.6) is 0 Å². The molecule has 345 valence electrons. The number of imidazole rings is 1. The van der Waals surface area contributed by atoms with Gasteiger partial charge in [-0.15, -0.1) is 48.0 Å². The van der Waals surface area contributed by atoms with Gasteiger partial charge in [-0.2, -0.15) is 0 Å². The third-order valence-corrected chi connectivity index (χ3v) is 12.5. The van der Waals surface area contributed by atoms with E-state index in [2.05, 4.69) is 148 Å². The molecule has 0 atom stereocenters. The van der Waals surface area contributed by atoms with Gasteiger partial charge in [0.25, 0.3) is 0 Å². The number of halogens is 1. The number of fused-ring (bicyclic) bond motifs is 4. The van der Waals surface area contributed by atoms with Gasteiger partial charge in [0, 0.05) is 45.9 Å². The summed E-state index contributed by atoms with van der Waals surface area (Å²) in [6.45, 7) is 20.8. The van der Waals surface area contributed by atoms with Gasteiger partial charge < -0.3 is 14.0 Å². The number of para-hydroxylation sites is 2. The Kier molecular flexibility index (Phi) is 12.8. The van der Waals surface area contributed by atoms with E-state index in [-0.39, 0.29) is 36.8 Å². The Morgan fingerprint density at radius 1 is 0.632 bits per heavy atom. The molecule has 6 heteroatoms. The smallest absolute Gasteiger partial charge is 0.121 e. The van der Waals surface area contributed by atoms with Crippen LogP contribution < -0.4 is 0 Å². The molecule has 4 nitrogen and oxygen atoms in total. The minimum Gasteiger partial charge on any atom is -0.501 e. The Labute approximate surface area is 417 Å². The second-order valence-electron chi connectivity index (χ2n) is 19.9. The van der Waals surface area contributed by atoms with E-state index < -0.39 is 11.8 Å². The molecule has 0 N–H and O–H groups in total. The minimum atomic E-state index is -1.01. The quantitative estimate of drug-likeness (QED) is 0.149. The van der Waals surface area contributed by atoms with Gasteiger partial charge in [-0.05, 0) is 103 Å². The van der Waals surface area contributed by atoms with Crippen molar-refractivity contribution < 1.29 is 31.7 Å². The number of nitrogens with zero attached hydrogens (tertiary/aromatic N) is 3. The summed E-state index contributed by atoms with van der Waals surface area (Å²) in [6, 6.07) is 56.6. The maximum absolute atomic E-state index is 12.8. The molecular weight excluding hydrogens is 1010 g/mol. The van der Waals surface area contributed by atoms with Crippen molar-refractivity contribution in [3.63, 3.8) is 0 Å². The summed E-state index contributed by atoms with van der Waals surface area (Å²) in [7, 11) is 0. The first-order valence-corrected chi connectivity index (χ1v) is 23.0. The van der Waals surface area contributed by atoms with Gasteiger partial charge in [0.1, 0.15) is 5.58 Å². The topological polar surface area (TPSA) is 43.9 Å². The molecule has 0 unspecified atom stereocenters. The van der Waals surface area contributed by atoms with Crippen LogP contribution in [0.2, 0.25) is 0 Å². The first-order valence-electron chi connectivity index (χ1n) is 24.0. The predicted molar refractivity (Wildman–Crippen MR) is 278 cm³/mol. The van der Waals surface area contributed by atoms with Crippen LogP contribution in [0.25, 0.3) is 83.6 Å². The van der Waals surface area contributed by atoms with Crippen molar-refractivity contribution in [2.45, 2.75) is 91.9 Å². The monoisotopic (exact) mass is 1070 g/mol. The summed E-state index contributed by atoms with van der Waals surface area (Å²) < 4.78 is 40.8. The first-order chi connectivity index (χ1) is 32.6. The molecule has 0 spiro atoms. The summed E-state index contributed by atoms with van der Waals surface area (Å²) in [5.41, 5.74) is 14.8. The molecule has 0 amide bonds. The molecule has 3 aromatic heterocycles. The second-order valence-corrected chi connectivity index (χ2v) is 19.9. The van der Waals surface area contributed by atoms with Crippen molar-refractivity contribution in [3.8, 4) is 50.6 Å². The summed E-state index contributed by atoms with van der Waals surface area (Å²) in [5, 5.41) is 2.01. The largest absolute Gasteiger partial charge is 0.501 e. The Balaban J connectivity index is 0.000000309. The zero-order valence-corrected chi connectivity index (χ0v) is 42.9. The molecule has 0 aliphatic heterocycles. The number of benzene rings is 7. The Hall–Kier alpha value is -6.46. The Morgan fingerprint density at radius 2 is 1.26 bits per heavy atom. The standard InChI is InChI=1S/C47H43N2O.C15H15FN.Ir/c1-29(2)39-26-34(32-20-23-35(24-21-32)47(5,6)7)27-40(30(3)4)44(39)49-42-19-12-11-18-41(42)48-46(49)38-17-13-16-37-36-25-22-33(28-43(36)50-45(37)38)31-14-9-8-10-15-31;1-15(2,3)12-6-9-14(17-10-12)11-4-7-13(16)8-5-11;/h8-16,18-30H,1-7H3;4,6-10H,1-3H3;/q2*-1;/i29D,30D;;. The molecule has 10 rings (SSSR count). The number of pyridine rings is 1. The van der Waals surface area contributed by atoms with Crippen LogP contribution in [-0.2, 0) is 30.9 Å². The van der Waals surface area contributed by atoms with E-state index in [4.69, 9.17) is 9.40 Å². The zero-order chi connectivity index (χ0) is 49.0. The fourth-order valence-electron chi connectivity index (χ4n) is 8.67. The summed E-state index contributed by atoms with van der Waals surface area (Å²) in [6.07, 6.45) is 1.87. The summed E-state index contributed by atoms with van der Waals surface area (Å²) >= 11 is 0. The number of hydrogen-bond donors (Lipinski definition) is 0. The average Bonchev–Trinajstić information content (AvgIpc) is 3.89. The maximum atomic E-state index is 12.8. The van der Waals surface area contributed by atoms with Gasteiger partial charge in [0.05, 0.1) is 22.4 Å². The summed E-state index contributed by atoms with van der Waals surface area (Å²) in [5.74, 6) is -1.64. The van der Waals surface area contributed by atoms with E-state index in [0.717, 1.165) is 83.3 Å². The van der Waals surface area contributed by atoms with Crippen molar-refractivity contribution in [1.82, 2.24) is 14.5 Å². The number of hydrogen-bond acceptors (Lipinski definition) is 3.